The number of hydrogen-bond acceptors (Lipinski definition) is 5. The van der Waals surface area contributed by atoms with E-state index in [1.165, 1.54) is 26.3 Å². The first kappa shape index (κ1) is 16.6. The minimum atomic E-state index is -3.53. The zero-order valence-corrected chi connectivity index (χ0v) is 12.2. The van der Waals surface area contributed by atoms with Crippen LogP contribution in [0.25, 0.3) is 0 Å². The number of anilines is 1. The molecular formula is C12H19N3O4S. The van der Waals surface area contributed by atoms with Crippen molar-refractivity contribution in [2.75, 3.05) is 26.0 Å². The SMILES string of the molecule is CNS(=O)(=O)c1cccc(NC(=O)CC(CN)OC)c1. The monoisotopic (exact) mass is 301 g/mol. The van der Waals surface area contributed by atoms with Crippen LogP contribution in [-0.2, 0) is 19.6 Å². The standard InChI is InChI=1S/C12H19N3O4S/c1-14-20(17,18)11-5-3-4-9(6-11)15-12(16)7-10(8-13)19-2/h3-6,10,14H,7-8,13H2,1-2H3,(H,15,16). The first-order chi connectivity index (χ1) is 9.42. The quantitative estimate of drug-likeness (QED) is 0.651. The minimum absolute atomic E-state index is 0.0833. The van der Waals surface area contributed by atoms with E-state index in [2.05, 4.69) is 10.0 Å². The van der Waals surface area contributed by atoms with Crippen LogP contribution < -0.4 is 15.8 Å². The van der Waals surface area contributed by atoms with Gasteiger partial charge in [-0.15, -0.1) is 0 Å². The van der Waals surface area contributed by atoms with Crippen LogP contribution in [-0.4, -0.2) is 41.1 Å². The van der Waals surface area contributed by atoms with E-state index in [1.807, 2.05) is 0 Å². The molecule has 0 aliphatic rings. The Balaban J connectivity index is 2.79. The summed E-state index contributed by atoms with van der Waals surface area (Å²) in [5, 5.41) is 2.61. The molecule has 0 aliphatic carbocycles. The molecule has 0 fully saturated rings. The van der Waals surface area contributed by atoms with Crippen molar-refractivity contribution >= 4 is 21.6 Å². The Morgan fingerprint density at radius 1 is 1.45 bits per heavy atom. The van der Waals surface area contributed by atoms with Gasteiger partial charge in [0.15, 0.2) is 0 Å². The Labute approximate surface area is 118 Å². The molecular weight excluding hydrogens is 282 g/mol. The number of carbonyl (C=O) groups excluding carboxylic acids is 1. The van der Waals surface area contributed by atoms with Gasteiger partial charge in [0.05, 0.1) is 17.4 Å². The first-order valence-corrected chi connectivity index (χ1v) is 7.47. The van der Waals surface area contributed by atoms with E-state index in [-0.39, 0.29) is 29.9 Å². The van der Waals surface area contributed by atoms with Crippen LogP contribution in [0.5, 0.6) is 0 Å². The number of benzene rings is 1. The molecule has 1 rings (SSSR count). The van der Waals surface area contributed by atoms with E-state index in [1.54, 1.807) is 12.1 Å². The Hall–Kier alpha value is -1.48. The molecule has 112 valence electrons. The average molecular weight is 301 g/mol. The molecule has 1 amide bonds. The van der Waals surface area contributed by atoms with Crippen molar-refractivity contribution in [2.45, 2.75) is 17.4 Å². The second-order valence-electron chi connectivity index (χ2n) is 4.08. The summed E-state index contributed by atoms with van der Waals surface area (Å²) < 4.78 is 30.5. The van der Waals surface area contributed by atoms with Gasteiger partial charge in [-0.3, -0.25) is 4.79 Å². The Morgan fingerprint density at radius 2 is 2.15 bits per heavy atom. The predicted molar refractivity (Wildman–Crippen MR) is 75.8 cm³/mol. The fraction of sp³-hybridized carbons (Fsp3) is 0.417. The van der Waals surface area contributed by atoms with Gasteiger partial charge in [-0.2, -0.15) is 0 Å². The fourth-order valence-corrected chi connectivity index (χ4v) is 2.32. The minimum Gasteiger partial charge on any atom is -0.380 e. The summed E-state index contributed by atoms with van der Waals surface area (Å²) in [7, 11) is -0.733. The van der Waals surface area contributed by atoms with Crippen molar-refractivity contribution in [3.05, 3.63) is 24.3 Å². The Bertz CT molecular complexity index is 556. The summed E-state index contributed by atoms with van der Waals surface area (Å²) in [5.41, 5.74) is 5.83. The molecule has 8 heteroatoms. The lowest BCUT2D eigenvalue weighted by Gasteiger charge is -2.13. The van der Waals surface area contributed by atoms with Crippen molar-refractivity contribution in [1.29, 1.82) is 0 Å². The molecule has 0 saturated heterocycles. The highest BCUT2D eigenvalue weighted by molar-refractivity contribution is 7.89. The van der Waals surface area contributed by atoms with Gasteiger partial charge in [0.1, 0.15) is 0 Å². The number of nitrogens with two attached hydrogens (primary N) is 1. The molecule has 20 heavy (non-hydrogen) atoms. The Kier molecular flexibility index (Phi) is 6.08. The van der Waals surface area contributed by atoms with E-state index < -0.39 is 10.0 Å². The number of nitrogens with one attached hydrogen (secondary N) is 2. The van der Waals surface area contributed by atoms with Gasteiger partial charge >= 0.3 is 0 Å². The van der Waals surface area contributed by atoms with Gasteiger partial charge in [0.2, 0.25) is 15.9 Å². The number of rotatable bonds is 7. The Morgan fingerprint density at radius 3 is 2.70 bits per heavy atom. The zero-order chi connectivity index (χ0) is 15.2. The second-order valence-corrected chi connectivity index (χ2v) is 5.97. The average Bonchev–Trinajstić information content (AvgIpc) is 2.45. The van der Waals surface area contributed by atoms with Crippen LogP contribution in [0.15, 0.2) is 29.2 Å². The third-order valence-corrected chi connectivity index (χ3v) is 4.12. The molecule has 0 radical (unpaired) electrons. The molecule has 0 heterocycles. The summed E-state index contributed by atoms with van der Waals surface area (Å²) in [6, 6.07) is 5.99. The van der Waals surface area contributed by atoms with Crippen LogP contribution in [0.1, 0.15) is 6.42 Å². The normalized spacial score (nSPS) is 12.9. The molecule has 4 N–H and O–H groups in total. The molecule has 0 saturated carbocycles. The lowest BCUT2D eigenvalue weighted by molar-refractivity contribution is -0.118. The van der Waals surface area contributed by atoms with Crippen LogP contribution >= 0.6 is 0 Å². The zero-order valence-electron chi connectivity index (χ0n) is 11.4. The van der Waals surface area contributed by atoms with Crippen LogP contribution in [0.2, 0.25) is 0 Å². The van der Waals surface area contributed by atoms with Gasteiger partial charge in [-0.05, 0) is 25.2 Å². The third-order valence-electron chi connectivity index (χ3n) is 2.71. The predicted octanol–water partition coefficient (Wildman–Crippen LogP) is -0.103. The topological polar surface area (TPSA) is 111 Å². The van der Waals surface area contributed by atoms with Crippen molar-refractivity contribution in [1.82, 2.24) is 4.72 Å². The van der Waals surface area contributed by atoms with E-state index in [4.69, 9.17) is 10.5 Å². The third kappa shape index (κ3) is 4.57. The molecule has 1 aromatic rings. The number of carbonyl (C=O) groups is 1. The molecule has 7 nitrogen and oxygen atoms in total. The van der Waals surface area contributed by atoms with Crippen molar-refractivity contribution < 1.29 is 17.9 Å². The number of hydrogen-bond donors (Lipinski definition) is 3. The van der Waals surface area contributed by atoms with Gasteiger partial charge in [0.25, 0.3) is 0 Å². The second kappa shape index (κ2) is 7.34. The molecule has 0 bridgehead atoms. The highest BCUT2D eigenvalue weighted by Gasteiger charge is 2.14. The summed E-state index contributed by atoms with van der Waals surface area (Å²) in [4.78, 5) is 11.8. The number of sulfonamides is 1. The summed E-state index contributed by atoms with van der Waals surface area (Å²) in [5.74, 6) is -0.290. The van der Waals surface area contributed by atoms with Crippen molar-refractivity contribution in [2.24, 2.45) is 5.73 Å². The summed E-state index contributed by atoms with van der Waals surface area (Å²) in [6.07, 6.45) is -0.255. The molecule has 0 aromatic heterocycles. The summed E-state index contributed by atoms with van der Waals surface area (Å²) in [6.45, 7) is 0.234. The van der Waals surface area contributed by atoms with Crippen LogP contribution in [0.4, 0.5) is 5.69 Å². The molecule has 1 atom stereocenters. The largest absolute Gasteiger partial charge is 0.380 e. The number of methoxy groups -OCH3 is 1. The fourth-order valence-electron chi connectivity index (χ4n) is 1.54. The molecule has 1 unspecified atom stereocenters. The van der Waals surface area contributed by atoms with E-state index >= 15 is 0 Å². The highest BCUT2D eigenvalue weighted by atomic mass is 32.2. The number of ether oxygens (including phenoxy) is 1. The molecule has 0 aliphatic heterocycles. The van der Waals surface area contributed by atoms with Gasteiger partial charge in [0, 0.05) is 19.3 Å². The van der Waals surface area contributed by atoms with E-state index in [0.717, 1.165) is 0 Å². The van der Waals surface area contributed by atoms with Gasteiger partial charge in [-0.1, -0.05) is 6.07 Å². The molecule has 1 aromatic carbocycles. The highest BCUT2D eigenvalue weighted by Crippen LogP contribution is 2.15. The summed E-state index contributed by atoms with van der Waals surface area (Å²) >= 11 is 0. The van der Waals surface area contributed by atoms with E-state index in [0.29, 0.717) is 5.69 Å². The van der Waals surface area contributed by atoms with Gasteiger partial charge in [-0.25, -0.2) is 13.1 Å². The maximum Gasteiger partial charge on any atom is 0.240 e. The van der Waals surface area contributed by atoms with Crippen molar-refractivity contribution in [3.63, 3.8) is 0 Å². The lowest BCUT2D eigenvalue weighted by atomic mass is 10.2. The maximum absolute atomic E-state index is 11.8. The van der Waals surface area contributed by atoms with Gasteiger partial charge < -0.3 is 15.8 Å². The van der Waals surface area contributed by atoms with Crippen LogP contribution in [0, 0.1) is 0 Å². The number of amides is 1. The molecule has 0 spiro atoms. The van der Waals surface area contributed by atoms with Crippen molar-refractivity contribution in [3.8, 4) is 0 Å². The first-order valence-electron chi connectivity index (χ1n) is 5.99. The maximum atomic E-state index is 11.8. The van der Waals surface area contributed by atoms with Crippen LogP contribution in [0.3, 0.4) is 0 Å². The van der Waals surface area contributed by atoms with E-state index in [9.17, 15) is 13.2 Å². The smallest absolute Gasteiger partial charge is 0.240 e. The lowest BCUT2D eigenvalue weighted by Crippen LogP contribution is -2.28.